The van der Waals surface area contributed by atoms with Gasteiger partial charge in [0, 0.05) is 29.1 Å². The molecule has 1 amide bonds. The van der Waals surface area contributed by atoms with Gasteiger partial charge >= 0.3 is 0 Å². The third-order valence-corrected chi connectivity index (χ3v) is 5.54. The van der Waals surface area contributed by atoms with Crippen molar-refractivity contribution in [2.24, 2.45) is 0 Å². The van der Waals surface area contributed by atoms with Crippen LogP contribution >= 0.6 is 23.2 Å². The number of hydrogen-bond donors (Lipinski definition) is 2. The number of H-pyrrole nitrogens is 1. The second-order valence-electron chi connectivity index (χ2n) is 6.51. The number of carbonyl (C=O) groups is 1. The second-order valence-corrected chi connectivity index (χ2v) is 7.32. The highest BCUT2D eigenvalue weighted by atomic mass is 35.5. The number of amides is 1. The van der Waals surface area contributed by atoms with Crippen molar-refractivity contribution in [1.29, 1.82) is 0 Å². The molecule has 0 saturated heterocycles. The zero-order chi connectivity index (χ0) is 19.1. The van der Waals surface area contributed by atoms with E-state index in [-0.39, 0.29) is 23.3 Å². The van der Waals surface area contributed by atoms with Gasteiger partial charge in [0.25, 0.3) is 5.91 Å². The lowest BCUT2D eigenvalue weighted by Crippen LogP contribution is -2.35. The summed E-state index contributed by atoms with van der Waals surface area (Å²) in [5.41, 5.74) is 3.67. The Hall–Kier alpha value is -2.37. The van der Waals surface area contributed by atoms with Gasteiger partial charge in [-0.2, -0.15) is 0 Å². The van der Waals surface area contributed by atoms with Gasteiger partial charge in [-0.05, 0) is 42.3 Å². The maximum atomic E-state index is 12.8. The zero-order valence-corrected chi connectivity index (χ0v) is 16.4. The fourth-order valence-corrected chi connectivity index (χ4v) is 4.16. The number of carbonyl (C=O) groups excluding carboxylic acids is 1. The smallest absolute Gasteiger partial charge is 0.256 e. The SMILES string of the molecule is COc1ccc2[nH]c3c(c2c1)CC(NC(=O)c1c(Cl)ccc(Cl)c1OC)C3. The van der Waals surface area contributed by atoms with Crippen LogP contribution in [0.25, 0.3) is 10.9 Å². The van der Waals surface area contributed by atoms with E-state index in [2.05, 4.69) is 10.3 Å². The van der Waals surface area contributed by atoms with E-state index < -0.39 is 0 Å². The third kappa shape index (κ3) is 3.11. The maximum absolute atomic E-state index is 12.8. The molecular weight excluding hydrogens is 387 g/mol. The van der Waals surface area contributed by atoms with Crippen molar-refractivity contribution in [1.82, 2.24) is 10.3 Å². The summed E-state index contributed by atoms with van der Waals surface area (Å²) in [5, 5.41) is 4.83. The molecule has 2 aromatic carbocycles. The van der Waals surface area contributed by atoms with Crippen molar-refractivity contribution in [2.45, 2.75) is 18.9 Å². The van der Waals surface area contributed by atoms with Gasteiger partial charge < -0.3 is 19.8 Å². The van der Waals surface area contributed by atoms with Crippen LogP contribution in [-0.4, -0.2) is 31.2 Å². The molecule has 1 atom stereocenters. The number of aromatic amines is 1. The van der Waals surface area contributed by atoms with Crippen LogP contribution in [0, 0.1) is 0 Å². The van der Waals surface area contributed by atoms with Crippen LogP contribution in [0.5, 0.6) is 11.5 Å². The second kappa shape index (κ2) is 6.98. The van der Waals surface area contributed by atoms with Crippen molar-refractivity contribution in [3.63, 3.8) is 0 Å². The molecule has 1 aliphatic carbocycles. The average Bonchev–Trinajstić information content (AvgIpc) is 3.19. The topological polar surface area (TPSA) is 63.3 Å². The van der Waals surface area contributed by atoms with E-state index in [9.17, 15) is 4.79 Å². The number of methoxy groups -OCH3 is 2. The van der Waals surface area contributed by atoms with E-state index in [0.29, 0.717) is 10.0 Å². The molecule has 0 fully saturated rings. The number of benzene rings is 2. The summed E-state index contributed by atoms with van der Waals surface area (Å²) in [6.45, 7) is 0. The Kier molecular flexibility index (Phi) is 4.66. The van der Waals surface area contributed by atoms with Gasteiger partial charge in [0.1, 0.15) is 11.3 Å². The lowest BCUT2D eigenvalue weighted by atomic mass is 10.1. The van der Waals surface area contributed by atoms with Crippen LogP contribution in [0.4, 0.5) is 0 Å². The maximum Gasteiger partial charge on any atom is 0.256 e. The van der Waals surface area contributed by atoms with Crippen LogP contribution in [0.1, 0.15) is 21.6 Å². The Bertz CT molecular complexity index is 1050. The van der Waals surface area contributed by atoms with Gasteiger partial charge in [0.2, 0.25) is 0 Å². The molecule has 0 aliphatic heterocycles. The van der Waals surface area contributed by atoms with E-state index in [0.717, 1.165) is 35.2 Å². The zero-order valence-electron chi connectivity index (χ0n) is 14.9. The molecule has 0 saturated carbocycles. The van der Waals surface area contributed by atoms with Crippen LogP contribution in [0.2, 0.25) is 10.0 Å². The molecule has 3 aromatic rings. The fraction of sp³-hybridized carbons (Fsp3) is 0.250. The molecular formula is C20H18Cl2N2O3. The minimum atomic E-state index is -0.295. The first-order valence-electron chi connectivity index (χ1n) is 8.52. The van der Waals surface area contributed by atoms with Gasteiger partial charge in [0.15, 0.2) is 5.75 Å². The van der Waals surface area contributed by atoms with Crippen molar-refractivity contribution >= 4 is 40.0 Å². The van der Waals surface area contributed by atoms with Crippen molar-refractivity contribution in [3.8, 4) is 11.5 Å². The molecule has 0 bridgehead atoms. The molecule has 2 N–H and O–H groups in total. The van der Waals surface area contributed by atoms with Crippen LogP contribution < -0.4 is 14.8 Å². The Labute approximate surface area is 166 Å². The monoisotopic (exact) mass is 404 g/mol. The summed E-state index contributed by atoms with van der Waals surface area (Å²) < 4.78 is 10.6. The number of halogens is 2. The Morgan fingerprint density at radius 1 is 1.11 bits per heavy atom. The summed E-state index contributed by atoms with van der Waals surface area (Å²) in [6.07, 6.45) is 1.45. The van der Waals surface area contributed by atoms with E-state index in [1.54, 1.807) is 19.2 Å². The van der Waals surface area contributed by atoms with E-state index >= 15 is 0 Å². The van der Waals surface area contributed by atoms with Gasteiger partial charge in [-0.1, -0.05) is 23.2 Å². The third-order valence-electron chi connectivity index (χ3n) is 4.93. The highest BCUT2D eigenvalue weighted by Gasteiger charge is 2.29. The van der Waals surface area contributed by atoms with Gasteiger partial charge in [-0.25, -0.2) is 0 Å². The number of fused-ring (bicyclic) bond motifs is 3. The fourth-order valence-electron chi connectivity index (χ4n) is 3.69. The molecule has 4 rings (SSSR count). The number of nitrogens with one attached hydrogen (secondary N) is 2. The molecule has 27 heavy (non-hydrogen) atoms. The Balaban J connectivity index is 1.58. The van der Waals surface area contributed by atoms with Crippen LogP contribution in [0.3, 0.4) is 0 Å². The first-order chi connectivity index (χ1) is 13.0. The van der Waals surface area contributed by atoms with Gasteiger partial charge in [-0.3, -0.25) is 4.79 Å². The molecule has 1 heterocycles. The van der Waals surface area contributed by atoms with E-state index in [1.165, 1.54) is 12.7 Å². The predicted molar refractivity (Wildman–Crippen MR) is 107 cm³/mol. The number of hydrogen-bond acceptors (Lipinski definition) is 3. The quantitative estimate of drug-likeness (QED) is 0.677. The Morgan fingerprint density at radius 3 is 2.63 bits per heavy atom. The minimum absolute atomic E-state index is 0.0332. The van der Waals surface area contributed by atoms with Crippen LogP contribution in [0.15, 0.2) is 30.3 Å². The average molecular weight is 405 g/mol. The van der Waals surface area contributed by atoms with Crippen molar-refractivity contribution in [2.75, 3.05) is 14.2 Å². The molecule has 1 aliphatic rings. The summed E-state index contributed by atoms with van der Waals surface area (Å²) in [4.78, 5) is 16.3. The Morgan fingerprint density at radius 2 is 1.89 bits per heavy atom. The normalized spacial score (nSPS) is 15.6. The number of ether oxygens (including phenoxy) is 2. The molecule has 1 aromatic heterocycles. The molecule has 0 spiro atoms. The van der Waals surface area contributed by atoms with Gasteiger partial charge in [0.05, 0.1) is 24.3 Å². The summed E-state index contributed by atoms with van der Waals surface area (Å²) in [7, 11) is 3.12. The molecule has 1 unspecified atom stereocenters. The van der Waals surface area contributed by atoms with Crippen LogP contribution in [-0.2, 0) is 12.8 Å². The van der Waals surface area contributed by atoms with Crippen molar-refractivity contribution in [3.05, 3.63) is 57.2 Å². The lowest BCUT2D eigenvalue weighted by molar-refractivity contribution is 0.0935. The first kappa shape index (κ1) is 18.0. The van der Waals surface area contributed by atoms with Crippen molar-refractivity contribution < 1.29 is 14.3 Å². The highest BCUT2D eigenvalue weighted by molar-refractivity contribution is 6.37. The first-order valence-corrected chi connectivity index (χ1v) is 9.27. The molecule has 140 valence electrons. The van der Waals surface area contributed by atoms with E-state index in [1.807, 2.05) is 18.2 Å². The lowest BCUT2D eigenvalue weighted by Gasteiger charge is -2.16. The molecule has 5 nitrogen and oxygen atoms in total. The molecule has 0 radical (unpaired) electrons. The standard InChI is InChI=1S/C20H18Cl2N2O3/c1-26-11-3-6-16-13(9-11)12-7-10(8-17(12)24-16)23-20(25)18-14(21)4-5-15(22)19(18)27-2/h3-6,9-10,24H,7-8H2,1-2H3,(H,23,25). The minimum Gasteiger partial charge on any atom is -0.497 e. The number of rotatable bonds is 4. The summed E-state index contributed by atoms with van der Waals surface area (Å²) >= 11 is 12.4. The van der Waals surface area contributed by atoms with Gasteiger partial charge in [-0.15, -0.1) is 0 Å². The highest BCUT2D eigenvalue weighted by Crippen LogP contribution is 2.35. The summed E-state index contributed by atoms with van der Waals surface area (Å²) in [6, 6.07) is 9.13. The largest absolute Gasteiger partial charge is 0.497 e. The number of aromatic nitrogens is 1. The predicted octanol–water partition coefficient (Wildman–Crippen LogP) is 4.39. The summed E-state index contributed by atoms with van der Waals surface area (Å²) in [5.74, 6) is 0.803. The molecule has 7 heteroatoms. The van der Waals surface area contributed by atoms with E-state index in [4.69, 9.17) is 32.7 Å².